The first-order valence-electron chi connectivity index (χ1n) is 10.7. The third-order valence-corrected chi connectivity index (χ3v) is 6.54. The van der Waals surface area contributed by atoms with Gasteiger partial charge in [-0.25, -0.2) is 0 Å². The summed E-state index contributed by atoms with van der Waals surface area (Å²) in [5.41, 5.74) is 6.65. The lowest BCUT2D eigenvalue weighted by molar-refractivity contribution is 0.0471. The van der Waals surface area contributed by atoms with Gasteiger partial charge in [0.05, 0.1) is 5.60 Å². The predicted molar refractivity (Wildman–Crippen MR) is 113 cm³/mol. The van der Waals surface area contributed by atoms with Gasteiger partial charge in [0, 0.05) is 42.7 Å². The molecule has 1 aliphatic carbocycles. The highest BCUT2D eigenvalue weighted by Crippen LogP contribution is 2.37. The third-order valence-electron chi connectivity index (χ3n) is 6.54. The summed E-state index contributed by atoms with van der Waals surface area (Å²) in [4.78, 5) is 2.43. The fourth-order valence-corrected chi connectivity index (χ4v) is 5.20. The maximum absolute atomic E-state index is 11.0. The molecule has 1 saturated carbocycles. The van der Waals surface area contributed by atoms with E-state index in [2.05, 4.69) is 54.6 Å². The van der Waals surface area contributed by atoms with E-state index in [4.69, 9.17) is 0 Å². The van der Waals surface area contributed by atoms with E-state index < -0.39 is 5.60 Å². The van der Waals surface area contributed by atoms with E-state index in [1.807, 2.05) is 0 Å². The fourth-order valence-electron chi connectivity index (χ4n) is 5.20. The van der Waals surface area contributed by atoms with Crippen LogP contribution in [0.2, 0.25) is 0 Å². The number of aliphatic hydroxyl groups is 1. The standard InChI is InChI=1S/C24H34N2O/c1-4-7-19(15-24(27)11-5-6-12-24)16-26-22-9-8-18(2)14-20(22)21-17-25(3)13-10-23(21)26/h7-9,14,27H,4-6,10-13,15-17H2,1-3H3. The minimum absolute atomic E-state index is 0.471. The van der Waals surface area contributed by atoms with Crippen LogP contribution < -0.4 is 0 Å². The first kappa shape index (κ1) is 18.8. The molecule has 4 rings (SSSR count). The lowest BCUT2D eigenvalue weighted by atomic mass is 9.92. The molecule has 1 aromatic carbocycles. The molecule has 1 N–H and O–H groups in total. The topological polar surface area (TPSA) is 28.4 Å². The normalized spacial score (nSPS) is 20.4. The SMILES string of the molecule is CCC=C(Cn1c2c(c3cc(C)ccc31)CN(C)CC2)CC1(O)CCCC1. The lowest BCUT2D eigenvalue weighted by Gasteiger charge is -2.27. The second-order valence-electron chi connectivity index (χ2n) is 8.90. The molecule has 0 radical (unpaired) electrons. The zero-order valence-corrected chi connectivity index (χ0v) is 17.2. The van der Waals surface area contributed by atoms with Crippen molar-refractivity contribution >= 4 is 10.9 Å². The Labute approximate surface area is 163 Å². The first-order chi connectivity index (χ1) is 13.0. The lowest BCUT2D eigenvalue weighted by Crippen LogP contribution is -2.28. The zero-order valence-electron chi connectivity index (χ0n) is 17.2. The number of allylic oxidation sites excluding steroid dienone is 1. The van der Waals surface area contributed by atoms with Crippen LogP contribution in [0.5, 0.6) is 0 Å². The molecule has 0 saturated heterocycles. The van der Waals surface area contributed by atoms with E-state index in [1.54, 1.807) is 0 Å². The second-order valence-corrected chi connectivity index (χ2v) is 8.90. The molecule has 1 aromatic heterocycles. The van der Waals surface area contributed by atoms with Crippen LogP contribution in [0.1, 0.15) is 62.3 Å². The smallest absolute Gasteiger partial charge is 0.0685 e. The molecule has 3 nitrogen and oxygen atoms in total. The van der Waals surface area contributed by atoms with Crippen LogP contribution in [-0.4, -0.2) is 33.8 Å². The molecule has 1 fully saturated rings. The van der Waals surface area contributed by atoms with Gasteiger partial charge in [0.2, 0.25) is 0 Å². The van der Waals surface area contributed by atoms with Crippen LogP contribution >= 0.6 is 0 Å². The van der Waals surface area contributed by atoms with E-state index in [1.165, 1.54) is 46.1 Å². The summed E-state index contributed by atoms with van der Waals surface area (Å²) < 4.78 is 2.55. The molecule has 146 valence electrons. The van der Waals surface area contributed by atoms with Crippen molar-refractivity contribution in [3.8, 4) is 0 Å². The highest BCUT2D eigenvalue weighted by Gasteiger charge is 2.32. The van der Waals surface area contributed by atoms with Gasteiger partial charge >= 0.3 is 0 Å². The maximum Gasteiger partial charge on any atom is 0.0685 e. The van der Waals surface area contributed by atoms with Crippen LogP contribution in [0, 0.1) is 6.92 Å². The number of hydrogen-bond acceptors (Lipinski definition) is 2. The zero-order chi connectivity index (χ0) is 19.0. The van der Waals surface area contributed by atoms with Crippen LogP contribution in [-0.2, 0) is 19.5 Å². The van der Waals surface area contributed by atoms with E-state index in [0.717, 1.165) is 51.7 Å². The summed E-state index contributed by atoms with van der Waals surface area (Å²) in [5.74, 6) is 0. The Morgan fingerprint density at radius 1 is 1.26 bits per heavy atom. The van der Waals surface area contributed by atoms with Crippen LogP contribution in [0.4, 0.5) is 0 Å². The molecule has 0 spiro atoms. The summed E-state index contributed by atoms with van der Waals surface area (Å²) in [6.07, 6.45) is 9.61. The Hall–Kier alpha value is -1.58. The van der Waals surface area contributed by atoms with Crippen molar-refractivity contribution in [1.29, 1.82) is 0 Å². The molecule has 2 heterocycles. The number of aromatic nitrogens is 1. The molecule has 2 aliphatic rings. The van der Waals surface area contributed by atoms with Gasteiger partial charge in [-0.3, -0.25) is 0 Å². The van der Waals surface area contributed by atoms with Gasteiger partial charge < -0.3 is 14.6 Å². The molecule has 0 amide bonds. The predicted octanol–water partition coefficient (Wildman–Crippen LogP) is 4.97. The van der Waals surface area contributed by atoms with Crippen molar-refractivity contribution in [3.63, 3.8) is 0 Å². The highest BCUT2D eigenvalue weighted by molar-refractivity contribution is 5.86. The van der Waals surface area contributed by atoms with Crippen molar-refractivity contribution in [2.45, 2.75) is 77.5 Å². The maximum atomic E-state index is 11.0. The summed E-state index contributed by atoms with van der Waals surface area (Å²) >= 11 is 0. The first-order valence-corrected chi connectivity index (χ1v) is 10.7. The van der Waals surface area contributed by atoms with E-state index in [0.29, 0.717) is 0 Å². The summed E-state index contributed by atoms with van der Waals surface area (Å²) in [6, 6.07) is 6.90. The fraction of sp³-hybridized carbons (Fsp3) is 0.583. The van der Waals surface area contributed by atoms with Crippen molar-refractivity contribution in [3.05, 3.63) is 46.7 Å². The van der Waals surface area contributed by atoms with Crippen LogP contribution in [0.15, 0.2) is 29.8 Å². The van der Waals surface area contributed by atoms with Gasteiger partial charge in [-0.2, -0.15) is 0 Å². The Kier molecular flexibility index (Phi) is 5.17. The second kappa shape index (κ2) is 7.44. The van der Waals surface area contributed by atoms with Crippen LogP contribution in [0.25, 0.3) is 10.9 Å². The summed E-state index contributed by atoms with van der Waals surface area (Å²) in [6.45, 7) is 7.49. The quantitative estimate of drug-likeness (QED) is 0.757. The monoisotopic (exact) mass is 366 g/mol. The summed E-state index contributed by atoms with van der Waals surface area (Å²) in [5, 5.41) is 12.4. The van der Waals surface area contributed by atoms with Crippen molar-refractivity contribution in [2.24, 2.45) is 0 Å². The minimum atomic E-state index is -0.471. The number of hydrogen-bond donors (Lipinski definition) is 1. The van der Waals surface area contributed by atoms with Crippen LogP contribution in [0.3, 0.4) is 0 Å². The number of rotatable bonds is 5. The molecular formula is C24H34N2O. The summed E-state index contributed by atoms with van der Waals surface area (Å²) in [7, 11) is 2.22. The Bertz CT molecular complexity index is 855. The average molecular weight is 367 g/mol. The molecule has 27 heavy (non-hydrogen) atoms. The van der Waals surface area contributed by atoms with E-state index in [-0.39, 0.29) is 0 Å². The molecule has 1 aliphatic heterocycles. The number of nitrogens with zero attached hydrogens (tertiary/aromatic N) is 2. The van der Waals surface area contributed by atoms with E-state index >= 15 is 0 Å². The number of benzene rings is 1. The van der Waals surface area contributed by atoms with Crippen molar-refractivity contribution in [1.82, 2.24) is 9.47 Å². The highest BCUT2D eigenvalue weighted by atomic mass is 16.3. The Morgan fingerprint density at radius 2 is 2.04 bits per heavy atom. The molecule has 0 atom stereocenters. The van der Waals surface area contributed by atoms with Gasteiger partial charge in [0.15, 0.2) is 0 Å². The van der Waals surface area contributed by atoms with Gasteiger partial charge in [0.1, 0.15) is 0 Å². The average Bonchev–Trinajstić information content (AvgIpc) is 3.17. The van der Waals surface area contributed by atoms with Gasteiger partial charge in [-0.1, -0.05) is 43.0 Å². The third kappa shape index (κ3) is 3.72. The van der Waals surface area contributed by atoms with E-state index in [9.17, 15) is 5.11 Å². The van der Waals surface area contributed by atoms with Gasteiger partial charge in [-0.05, 0) is 57.4 Å². The molecule has 3 heteroatoms. The molecule has 0 bridgehead atoms. The van der Waals surface area contributed by atoms with Gasteiger partial charge in [0.25, 0.3) is 0 Å². The molecule has 2 aromatic rings. The largest absolute Gasteiger partial charge is 0.390 e. The minimum Gasteiger partial charge on any atom is -0.390 e. The number of likely N-dealkylation sites (N-methyl/N-ethyl adjacent to an activating group) is 1. The number of aryl methyl sites for hydroxylation is 1. The van der Waals surface area contributed by atoms with Crippen molar-refractivity contribution in [2.75, 3.05) is 13.6 Å². The molecular weight excluding hydrogens is 332 g/mol. The van der Waals surface area contributed by atoms with Gasteiger partial charge in [-0.15, -0.1) is 0 Å². The number of fused-ring (bicyclic) bond motifs is 3. The Morgan fingerprint density at radius 3 is 2.78 bits per heavy atom. The Balaban J connectivity index is 1.73. The molecule has 0 unspecified atom stereocenters. The van der Waals surface area contributed by atoms with Crippen molar-refractivity contribution < 1.29 is 5.11 Å².